The van der Waals surface area contributed by atoms with E-state index in [9.17, 15) is 0 Å². The first-order valence-corrected chi connectivity index (χ1v) is 5.82. The van der Waals surface area contributed by atoms with E-state index in [1.807, 2.05) is 38.3 Å². The number of anilines is 1. The van der Waals surface area contributed by atoms with Crippen molar-refractivity contribution >= 4 is 34.0 Å². The summed E-state index contributed by atoms with van der Waals surface area (Å²) in [5, 5.41) is 6.77. The van der Waals surface area contributed by atoms with Gasteiger partial charge in [0.15, 0.2) is 0 Å². The number of hydrogen-bond acceptors (Lipinski definition) is 4. The second-order valence-electron chi connectivity index (χ2n) is 3.35. The van der Waals surface area contributed by atoms with Gasteiger partial charge < -0.3 is 0 Å². The van der Waals surface area contributed by atoms with Gasteiger partial charge in [-0.05, 0) is 32.0 Å². The van der Waals surface area contributed by atoms with Crippen LogP contribution in [0.2, 0.25) is 0 Å². The maximum atomic E-state index is 4.42. The minimum Gasteiger partial charge on any atom is -0.242 e. The van der Waals surface area contributed by atoms with Crippen LogP contribution in [0.1, 0.15) is 11.9 Å². The Morgan fingerprint density at radius 2 is 2.31 bits per heavy atom. The fourth-order valence-corrected chi connectivity index (χ4v) is 2.39. The van der Waals surface area contributed by atoms with Crippen LogP contribution in [0.25, 0.3) is 10.2 Å². The summed E-state index contributed by atoms with van der Waals surface area (Å²) in [6.45, 7) is 7.52. The zero-order valence-electron chi connectivity index (χ0n) is 9.34. The van der Waals surface area contributed by atoms with E-state index in [1.54, 1.807) is 16.3 Å². The quantitative estimate of drug-likeness (QED) is 0.597. The van der Waals surface area contributed by atoms with E-state index in [-0.39, 0.29) is 0 Å². The summed E-state index contributed by atoms with van der Waals surface area (Å²) in [6.07, 6.45) is 3.80. The number of aromatic nitrogens is 1. The van der Waals surface area contributed by atoms with E-state index in [0.29, 0.717) is 0 Å². The Kier molecular flexibility index (Phi) is 3.01. The van der Waals surface area contributed by atoms with Crippen molar-refractivity contribution < 1.29 is 0 Å². The fraction of sp³-hybridized carbons (Fsp3) is 0.167. The van der Waals surface area contributed by atoms with Crippen molar-refractivity contribution in [2.24, 2.45) is 5.10 Å². The van der Waals surface area contributed by atoms with E-state index in [1.165, 1.54) is 4.70 Å². The lowest BCUT2D eigenvalue weighted by Crippen LogP contribution is -2.05. The molecule has 0 spiro atoms. The number of benzene rings is 1. The molecule has 0 N–H and O–H groups in total. The smallest absolute Gasteiger partial charge is 0.0907 e. The molecule has 0 fully saturated rings. The third-order valence-corrected chi connectivity index (χ3v) is 3.12. The molecule has 0 radical (unpaired) electrons. The molecule has 3 nitrogen and oxygen atoms in total. The Balaban J connectivity index is 2.48. The summed E-state index contributed by atoms with van der Waals surface area (Å²) in [5.41, 5.74) is 2.04. The summed E-state index contributed by atoms with van der Waals surface area (Å²) in [7, 11) is 0. The van der Waals surface area contributed by atoms with Gasteiger partial charge in [0.25, 0.3) is 0 Å². The van der Waals surface area contributed by atoms with Gasteiger partial charge in [0.2, 0.25) is 0 Å². The Bertz CT molecular complexity index is 542. The summed E-state index contributed by atoms with van der Waals surface area (Å²) in [5.74, 6) is 0. The molecule has 2 rings (SSSR count). The molecule has 0 aliphatic heterocycles. The minimum absolute atomic E-state index is 1.00. The topological polar surface area (TPSA) is 28.5 Å². The molecule has 0 aliphatic carbocycles. The lowest BCUT2D eigenvalue weighted by molar-refractivity contribution is 1.09. The van der Waals surface area contributed by atoms with Gasteiger partial charge in [0.1, 0.15) is 0 Å². The van der Waals surface area contributed by atoms with Crippen molar-refractivity contribution in [3.63, 3.8) is 0 Å². The first-order valence-electron chi connectivity index (χ1n) is 5.00. The highest BCUT2D eigenvalue weighted by molar-refractivity contribution is 7.18. The van der Waals surface area contributed by atoms with Crippen LogP contribution in [-0.2, 0) is 0 Å². The van der Waals surface area contributed by atoms with Gasteiger partial charge in [-0.1, -0.05) is 6.08 Å². The Morgan fingerprint density at radius 1 is 1.50 bits per heavy atom. The molecule has 0 aliphatic rings. The van der Waals surface area contributed by atoms with Crippen molar-refractivity contribution in [3.05, 3.63) is 35.5 Å². The fourth-order valence-electron chi connectivity index (χ4n) is 1.53. The number of fused-ring (bicyclic) bond motifs is 1. The van der Waals surface area contributed by atoms with Crippen LogP contribution in [0, 0.1) is 6.92 Å². The molecule has 0 bridgehead atoms. The lowest BCUT2D eigenvalue weighted by Gasteiger charge is -2.12. The molecular weight excluding hydrogens is 218 g/mol. The van der Waals surface area contributed by atoms with E-state index in [0.717, 1.165) is 16.2 Å². The molecule has 0 atom stereocenters. The molecule has 4 heteroatoms. The molecule has 0 saturated carbocycles. The van der Waals surface area contributed by atoms with E-state index < -0.39 is 0 Å². The minimum atomic E-state index is 1.00. The second-order valence-corrected chi connectivity index (χ2v) is 4.59. The van der Waals surface area contributed by atoms with Crippen LogP contribution in [-0.4, -0.2) is 11.7 Å². The highest BCUT2D eigenvalue weighted by Gasteiger charge is 2.04. The zero-order chi connectivity index (χ0) is 11.5. The molecule has 1 aromatic carbocycles. The number of aryl methyl sites for hydroxylation is 1. The average molecular weight is 231 g/mol. The first kappa shape index (κ1) is 10.8. The van der Waals surface area contributed by atoms with Gasteiger partial charge in [0, 0.05) is 12.9 Å². The van der Waals surface area contributed by atoms with Crippen LogP contribution in [0.15, 0.2) is 35.6 Å². The molecule has 1 heterocycles. The Labute approximate surface area is 98.7 Å². The van der Waals surface area contributed by atoms with Crippen molar-refractivity contribution in [2.75, 3.05) is 5.01 Å². The number of thiazole rings is 1. The number of nitrogens with zero attached hydrogens (tertiary/aromatic N) is 3. The van der Waals surface area contributed by atoms with Crippen LogP contribution in [0.3, 0.4) is 0 Å². The van der Waals surface area contributed by atoms with Crippen LogP contribution in [0.5, 0.6) is 0 Å². The Hall–Kier alpha value is -1.68. The number of rotatable bonds is 3. The molecule has 16 heavy (non-hydrogen) atoms. The lowest BCUT2D eigenvalue weighted by atomic mass is 10.3. The summed E-state index contributed by atoms with van der Waals surface area (Å²) in [4.78, 5) is 4.42. The Morgan fingerprint density at radius 3 is 3.00 bits per heavy atom. The first-order chi connectivity index (χ1) is 7.74. The summed E-state index contributed by atoms with van der Waals surface area (Å²) >= 11 is 1.69. The van der Waals surface area contributed by atoms with E-state index >= 15 is 0 Å². The number of hydrogen-bond donors (Lipinski definition) is 0. The van der Waals surface area contributed by atoms with E-state index in [4.69, 9.17) is 0 Å². The van der Waals surface area contributed by atoms with Gasteiger partial charge in [-0.2, -0.15) is 5.10 Å². The molecule has 82 valence electrons. The summed E-state index contributed by atoms with van der Waals surface area (Å²) in [6, 6.07) is 6.08. The number of allylic oxidation sites excluding steroid dienone is 1. The third kappa shape index (κ3) is 1.97. The molecular formula is C12H13N3S. The highest BCUT2D eigenvalue weighted by Crippen LogP contribution is 2.26. The molecule has 1 aromatic heterocycles. The SMILES string of the molecule is C=NN(/C=C\C)c1ccc2nc(C)sc2c1. The van der Waals surface area contributed by atoms with Crippen molar-refractivity contribution in [2.45, 2.75) is 13.8 Å². The van der Waals surface area contributed by atoms with Gasteiger partial charge in [-0.3, -0.25) is 0 Å². The van der Waals surface area contributed by atoms with Crippen molar-refractivity contribution in [1.82, 2.24) is 4.98 Å². The predicted molar refractivity (Wildman–Crippen MR) is 71.2 cm³/mol. The van der Waals surface area contributed by atoms with Gasteiger partial charge in [-0.15, -0.1) is 11.3 Å². The summed E-state index contributed by atoms with van der Waals surface area (Å²) < 4.78 is 1.17. The largest absolute Gasteiger partial charge is 0.242 e. The van der Waals surface area contributed by atoms with Crippen molar-refractivity contribution in [3.8, 4) is 0 Å². The molecule has 0 amide bonds. The zero-order valence-corrected chi connectivity index (χ0v) is 10.2. The van der Waals surface area contributed by atoms with Crippen LogP contribution >= 0.6 is 11.3 Å². The molecule has 0 saturated heterocycles. The van der Waals surface area contributed by atoms with Gasteiger partial charge in [0.05, 0.1) is 20.9 Å². The van der Waals surface area contributed by atoms with Gasteiger partial charge in [-0.25, -0.2) is 9.99 Å². The maximum Gasteiger partial charge on any atom is 0.0907 e. The van der Waals surface area contributed by atoms with Crippen LogP contribution < -0.4 is 5.01 Å². The normalized spacial score (nSPS) is 11.1. The molecule has 0 unspecified atom stereocenters. The predicted octanol–water partition coefficient (Wildman–Crippen LogP) is 3.56. The average Bonchev–Trinajstić information content (AvgIpc) is 2.64. The molecule has 2 aromatic rings. The highest BCUT2D eigenvalue weighted by atomic mass is 32.1. The van der Waals surface area contributed by atoms with E-state index in [2.05, 4.69) is 22.9 Å². The second kappa shape index (κ2) is 4.45. The third-order valence-electron chi connectivity index (χ3n) is 2.19. The monoisotopic (exact) mass is 231 g/mol. The maximum absolute atomic E-state index is 4.42. The van der Waals surface area contributed by atoms with Gasteiger partial charge >= 0.3 is 0 Å². The standard InChI is InChI=1S/C12H13N3S/c1-4-7-15(13-3)10-5-6-11-12(8-10)16-9(2)14-11/h4-8H,3H2,1-2H3/b7-4-. The number of hydrazone groups is 1. The van der Waals surface area contributed by atoms with Crippen molar-refractivity contribution in [1.29, 1.82) is 0 Å². The van der Waals surface area contributed by atoms with Crippen LogP contribution in [0.4, 0.5) is 5.69 Å².